The Morgan fingerprint density at radius 3 is 2.50 bits per heavy atom. The SMILES string of the molecule is CCOC(=O)c1cc2cccc(B3OC(C)(C)C(C)(C)O3)c2cn1. The number of hydrogen-bond donors (Lipinski definition) is 0. The van der Waals surface area contributed by atoms with Crippen LogP contribution in [0.2, 0.25) is 0 Å². The molecule has 24 heavy (non-hydrogen) atoms. The lowest BCUT2D eigenvalue weighted by molar-refractivity contribution is 0.00578. The van der Waals surface area contributed by atoms with Gasteiger partial charge in [-0.1, -0.05) is 18.2 Å². The molecule has 0 radical (unpaired) electrons. The first kappa shape index (κ1) is 16.9. The van der Waals surface area contributed by atoms with Gasteiger partial charge < -0.3 is 14.0 Å². The van der Waals surface area contributed by atoms with Gasteiger partial charge in [-0.25, -0.2) is 9.78 Å². The summed E-state index contributed by atoms with van der Waals surface area (Å²) in [5.74, 6) is -0.416. The van der Waals surface area contributed by atoms with E-state index in [0.717, 1.165) is 16.2 Å². The molecule has 1 aromatic carbocycles. The van der Waals surface area contributed by atoms with Gasteiger partial charge in [-0.05, 0) is 56.9 Å². The summed E-state index contributed by atoms with van der Waals surface area (Å²) in [5.41, 5.74) is 0.403. The first-order valence-electron chi connectivity index (χ1n) is 8.16. The molecule has 0 bridgehead atoms. The highest BCUT2D eigenvalue weighted by Crippen LogP contribution is 2.37. The van der Waals surface area contributed by atoms with Crippen LogP contribution in [0.25, 0.3) is 10.8 Å². The number of hydrogen-bond acceptors (Lipinski definition) is 5. The van der Waals surface area contributed by atoms with Crippen molar-refractivity contribution in [3.8, 4) is 0 Å². The van der Waals surface area contributed by atoms with Crippen LogP contribution in [0.5, 0.6) is 0 Å². The zero-order valence-electron chi connectivity index (χ0n) is 14.8. The van der Waals surface area contributed by atoms with Crippen molar-refractivity contribution >= 4 is 29.3 Å². The lowest BCUT2D eigenvalue weighted by Crippen LogP contribution is -2.41. The van der Waals surface area contributed by atoms with Gasteiger partial charge >= 0.3 is 13.1 Å². The van der Waals surface area contributed by atoms with E-state index in [1.807, 2.05) is 45.9 Å². The number of aromatic nitrogens is 1. The molecular weight excluding hydrogens is 305 g/mol. The Bertz CT molecular complexity index is 772. The van der Waals surface area contributed by atoms with Crippen LogP contribution in [0.1, 0.15) is 45.1 Å². The van der Waals surface area contributed by atoms with E-state index in [-0.39, 0.29) is 0 Å². The van der Waals surface area contributed by atoms with Gasteiger partial charge in [0, 0.05) is 6.20 Å². The molecule has 6 heteroatoms. The first-order chi connectivity index (χ1) is 11.2. The van der Waals surface area contributed by atoms with E-state index in [1.54, 1.807) is 19.2 Å². The van der Waals surface area contributed by atoms with E-state index in [9.17, 15) is 4.79 Å². The summed E-state index contributed by atoms with van der Waals surface area (Å²) in [7, 11) is -0.464. The third-order valence-electron chi connectivity index (χ3n) is 4.79. The van der Waals surface area contributed by atoms with Crippen molar-refractivity contribution in [2.45, 2.75) is 45.8 Å². The molecule has 1 fully saturated rings. The number of nitrogens with zero attached hydrogens (tertiary/aromatic N) is 1. The molecule has 1 aliphatic heterocycles. The Kier molecular flexibility index (Phi) is 4.14. The van der Waals surface area contributed by atoms with Crippen molar-refractivity contribution < 1.29 is 18.8 Å². The summed E-state index contributed by atoms with van der Waals surface area (Å²) in [4.78, 5) is 16.1. The minimum absolute atomic E-state index is 0.301. The van der Waals surface area contributed by atoms with Gasteiger partial charge in [0.25, 0.3) is 0 Å². The maximum absolute atomic E-state index is 11.9. The lowest BCUT2D eigenvalue weighted by Gasteiger charge is -2.32. The number of fused-ring (bicyclic) bond motifs is 1. The van der Waals surface area contributed by atoms with Crippen LogP contribution in [0.15, 0.2) is 30.5 Å². The number of benzene rings is 1. The fourth-order valence-corrected chi connectivity index (χ4v) is 2.69. The molecule has 0 N–H and O–H groups in total. The minimum atomic E-state index is -0.464. The Morgan fingerprint density at radius 2 is 1.88 bits per heavy atom. The molecule has 1 saturated heterocycles. The Morgan fingerprint density at radius 1 is 1.21 bits per heavy atom. The normalized spacial score (nSPS) is 18.8. The Balaban J connectivity index is 2.00. The van der Waals surface area contributed by atoms with E-state index in [2.05, 4.69) is 4.98 Å². The standard InChI is InChI=1S/C18H22BNO4/c1-6-22-16(21)15-10-12-8-7-9-14(13(12)11-20-15)19-23-17(2,3)18(4,5)24-19/h7-11H,6H2,1-5H3. The van der Waals surface area contributed by atoms with Gasteiger partial charge in [-0.15, -0.1) is 0 Å². The molecule has 0 spiro atoms. The summed E-state index contributed by atoms with van der Waals surface area (Å²) in [6.45, 7) is 10.2. The largest absolute Gasteiger partial charge is 0.495 e. The highest BCUT2D eigenvalue weighted by atomic mass is 16.7. The number of esters is 1. The number of rotatable bonds is 3. The van der Waals surface area contributed by atoms with E-state index < -0.39 is 24.3 Å². The van der Waals surface area contributed by atoms with Gasteiger partial charge in [0.15, 0.2) is 0 Å². The summed E-state index contributed by atoms with van der Waals surface area (Å²) >= 11 is 0. The van der Waals surface area contributed by atoms with Crippen molar-refractivity contribution in [2.75, 3.05) is 6.61 Å². The second-order valence-electron chi connectivity index (χ2n) is 6.95. The van der Waals surface area contributed by atoms with E-state index in [0.29, 0.717) is 12.3 Å². The lowest BCUT2D eigenvalue weighted by atomic mass is 9.76. The van der Waals surface area contributed by atoms with Gasteiger partial charge in [-0.2, -0.15) is 0 Å². The molecule has 1 aromatic heterocycles. The number of carbonyl (C=O) groups excluding carboxylic acids is 1. The van der Waals surface area contributed by atoms with Crippen LogP contribution in [0.4, 0.5) is 0 Å². The number of pyridine rings is 1. The van der Waals surface area contributed by atoms with Crippen LogP contribution in [0.3, 0.4) is 0 Å². The van der Waals surface area contributed by atoms with Crippen LogP contribution in [-0.2, 0) is 14.0 Å². The predicted octanol–water partition coefficient (Wildman–Crippen LogP) is 2.71. The van der Waals surface area contributed by atoms with Crippen molar-refractivity contribution in [3.63, 3.8) is 0 Å². The fraction of sp³-hybridized carbons (Fsp3) is 0.444. The Hall–Kier alpha value is -1.92. The van der Waals surface area contributed by atoms with E-state index in [1.165, 1.54) is 0 Å². The van der Waals surface area contributed by atoms with Crippen LogP contribution in [0, 0.1) is 0 Å². The van der Waals surface area contributed by atoms with Gasteiger partial charge in [-0.3, -0.25) is 0 Å². The van der Waals surface area contributed by atoms with Gasteiger partial charge in [0.2, 0.25) is 0 Å². The average Bonchev–Trinajstić information content (AvgIpc) is 2.74. The van der Waals surface area contributed by atoms with Crippen LogP contribution >= 0.6 is 0 Å². The van der Waals surface area contributed by atoms with Gasteiger partial charge in [0.1, 0.15) is 5.69 Å². The summed E-state index contributed by atoms with van der Waals surface area (Å²) < 4.78 is 17.3. The summed E-state index contributed by atoms with van der Waals surface area (Å²) in [5, 5.41) is 1.81. The molecule has 3 rings (SSSR count). The molecule has 0 atom stereocenters. The third kappa shape index (κ3) is 2.80. The predicted molar refractivity (Wildman–Crippen MR) is 93.4 cm³/mol. The molecule has 5 nitrogen and oxygen atoms in total. The molecule has 1 aliphatic rings. The van der Waals surface area contributed by atoms with Crippen molar-refractivity contribution in [1.29, 1.82) is 0 Å². The molecule has 0 aliphatic carbocycles. The minimum Gasteiger partial charge on any atom is -0.461 e. The molecular formula is C18H22BNO4. The second-order valence-corrected chi connectivity index (χ2v) is 6.95. The molecule has 0 saturated carbocycles. The van der Waals surface area contributed by atoms with Crippen LogP contribution < -0.4 is 5.46 Å². The average molecular weight is 327 g/mol. The molecule has 2 heterocycles. The zero-order chi connectivity index (χ0) is 17.5. The highest BCUT2D eigenvalue weighted by Gasteiger charge is 2.52. The molecule has 126 valence electrons. The monoisotopic (exact) mass is 327 g/mol. The summed E-state index contributed by atoms with van der Waals surface area (Å²) in [6, 6.07) is 7.57. The highest BCUT2D eigenvalue weighted by molar-refractivity contribution is 6.65. The van der Waals surface area contributed by atoms with E-state index >= 15 is 0 Å². The van der Waals surface area contributed by atoms with Gasteiger partial charge in [0.05, 0.1) is 17.8 Å². The molecule has 2 aromatic rings. The quantitative estimate of drug-likeness (QED) is 0.641. The number of ether oxygens (including phenoxy) is 1. The molecule has 0 unspecified atom stereocenters. The van der Waals surface area contributed by atoms with Crippen molar-refractivity contribution in [1.82, 2.24) is 4.98 Å². The number of carbonyl (C=O) groups is 1. The topological polar surface area (TPSA) is 57.7 Å². The maximum atomic E-state index is 11.9. The fourth-order valence-electron chi connectivity index (χ4n) is 2.69. The maximum Gasteiger partial charge on any atom is 0.495 e. The summed E-state index contributed by atoms with van der Waals surface area (Å²) in [6.07, 6.45) is 1.68. The third-order valence-corrected chi connectivity index (χ3v) is 4.79. The zero-order valence-corrected chi connectivity index (χ0v) is 14.8. The molecule has 0 amide bonds. The smallest absolute Gasteiger partial charge is 0.461 e. The first-order valence-corrected chi connectivity index (χ1v) is 8.16. The van der Waals surface area contributed by atoms with Crippen molar-refractivity contribution in [2.24, 2.45) is 0 Å². The van der Waals surface area contributed by atoms with Crippen LogP contribution in [-0.4, -0.2) is 35.9 Å². The van der Waals surface area contributed by atoms with E-state index in [4.69, 9.17) is 14.0 Å². The Labute approximate surface area is 142 Å². The second kappa shape index (κ2) is 5.86. The van der Waals surface area contributed by atoms with Crippen molar-refractivity contribution in [3.05, 3.63) is 36.2 Å².